The Morgan fingerprint density at radius 1 is 1.09 bits per heavy atom. The van der Waals surface area contributed by atoms with Crippen molar-refractivity contribution in [1.29, 1.82) is 0 Å². The van der Waals surface area contributed by atoms with Gasteiger partial charge in [-0.1, -0.05) is 25.3 Å². The van der Waals surface area contributed by atoms with E-state index in [2.05, 4.69) is 13.2 Å². The number of ketones is 1. The molecule has 0 amide bonds. The summed E-state index contributed by atoms with van der Waals surface area (Å²) in [6, 6.07) is 12.5. The first kappa shape index (κ1) is 24.9. The molecule has 2 aromatic carbocycles. The van der Waals surface area contributed by atoms with Gasteiger partial charge in [0.25, 0.3) is 0 Å². The van der Waals surface area contributed by atoms with Crippen molar-refractivity contribution in [3.8, 4) is 5.75 Å². The second kappa shape index (κ2) is 11.4. The number of Topliss-reactive ketones (excluding diaryl/α,β-unsaturated/α-hetero) is 1. The van der Waals surface area contributed by atoms with Gasteiger partial charge in [0.1, 0.15) is 25.1 Å². The number of ether oxygens (including phenoxy) is 3. The Morgan fingerprint density at radius 2 is 1.82 bits per heavy atom. The van der Waals surface area contributed by atoms with E-state index in [0.29, 0.717) is 16.5 Å². The summed E-state index contributed by atoms with van der Waals surface area (Å²) in [4.78, 5) is 48.2. The highest BCUT2D eigenvalue weighted by Crippen LogP contribution is 2.27. The molecule has 0 aliphatic rings. The maximum atomic E-state index is 12.7. The molecular formula is C26H24O7S. The maximum absolute atomic E-state index is 12.7. The smallest absolute Gasteiger partial charge is 0.333 e. The number of rotatable bonds is 11. The Labute approximate surface area is 200 Å². The average Bonchev–Trinajstić information content (AvgIpc) is 2.83. The van der Waals surface area contributed by atoms with Crippen molar-refractivity contribution in [3.63, 3.8) is 0 Å². The SMILES string of the molecule is C=CC(=O)OC(CCC(=O)COc1ccc2c(=O)c3ccccc3sc2c1)COC(=O)C(=C)C. The highest BCUT2D eigenvalue weighted by molar-refractivity contribution is 7.24. The van der Waals surface area contributed by atoms with E-state index in [4.69, 9.17) is 14.2 Å². The van der Waals surface area contributed by atoms with Crippen molar-refractivity contribution in [1.82, 2.24) is 0 Å². The van der Waals surface area contributed by atoms with Crippen molar-refractivity contribution < 1.29 is 28.6 Å². The normalized spacial score (nSPS) is 11.6. The topological polar surface area (TPSA) is 96.0 Å². The molecule has 0 spiro atoms. The first-order chi connectivity index (χ1) is 16.3. The van der Waals surface area contributed by atoms with Crippen LogP contribution in [0.25, 0.3) is 20.2 Å². The zero-order valence-corrected chi connectivity index (χ0v) is 19.5. The van der Waals surface area contributed by atoms with Crippen LogP contribution in [0.1, 0.15) is 19.8 Å². The minimum atomic E-state index is -0.802. The van der Waals surface area contributed by atoms with Crippen LogP contribution in [0.3, 0.4) is 0 Å². The summed E-state index contributed by atoms with van der Waals surface area (Å²) in [5, 5.41) is 1.27. The van der Waals surface area contributed by atoms with Crippen molar-refractivity contribution in [2.24, 2.45) is 0 Å². The number of esters is 2. The lowest BCUT2D eigenvalue weighted by Crippen LogP contribution is -2.26. The Balaban J connectivity index is 1.60. The molecule has 8 heteroatoms. The van der Waals surface area contributed by atoms with E-state index in [-0.39, 0.29) is 42.8 Å². The Morgan fingerprint density at radius 3 is 2.56 bits per heavy atom. The standard InChI is InChI=1S/C26H24O7S/c1-4-24(28)33-19(15-32-26(30)16(2)3)10-9-17(27)14-31-18-11-12-21-23(13-18)34-22-8-6-5-7-20(22)25(21)29/h4-8,11-13,19H,1-2,9-10,14-15H2,3H3. The third-order valence-corrected chi connectivity index (χ3v) is 6.03. The van der Waals surface area contributed by atoms with E-state index in [0.717, 1.165) is 15.5 Å². The van der Waals surface area contributed by atoms with Gasteiger partial charge < -0.3 is 14.2 Å². The molecule has 3 aromatic rings. The summed E-state index contributed by atoms with van der Waals surface area (Å²) in [6.45, 7) is 7.94. The van der Waals surface area contributed by atoms with Crippen molar-refractivity contribution >= 4 is 49.2 Å². The molecule has 0 aliphatic heterocycles. The third kappa shape index (κ3) is 6.39. The van der Waals surface area contributed by atoms with Gasteiger partial charge in [0.15, 0.2) is 11.2 Å². The number of hydrogen-bond acceptors (Lipinski definition) is 8. The first-order valence-electron chi connectivity index (χ1n) is 10.5. The van der Waals surface area contributed by atoms with E-state index in [1.165, 1.54) is 18.3 Å². The first-order valence-corrected chi connectivity index (χ1v) is 11.4. The van der Waals surface area contributed by atoms with Crippen molar-refractivity contribution in [3.05, 3.63) is 77.5 Å². The van der Waals surface area contributed by atoms with Gasteiger partial charge in [0, 0.05) is 38.2 Å². The molecule has 0 radical (unpaired) electrons. The highest BCUT2D eigenvalue weighted by atomic mass is 32.1. The lowest BCUT2D eigenvalue weighted by atomic mass is 10.1. The third-order valence-electron chi connectivity index (χ3n) is 4.89. The van der Waals surface area contributed by atoms with Crippen LogP contribution in [0, 0.1) is 0 Å². The molecule has 0 saturated carbocycles. The predicted octanol–water partition coefficient (Wildman–Crippen LogP) is 4.36. The number of carbonyl (C=O) groups is 3. The molecule has 1 aromatic heterocycles. The summed E-state index contributed by atoms with van der Waals surface area (Å²) >= 11 is 1.48. The highest BCUT2D eigenvalue weighted by Gasteiger charge is 2.18. The molecule has 0 bridgehead atoms. The van der Waals surface area contributed by atoms with Gasteiger partial charge in [-0.25, -0.2) is 9.59 Å². The molecule has 1 heterocycles. The van der Waals surface area contributed by atoms with Crippen LogP contribution >= 0.6 is 11.3 Å². The minimum absolute atomic E-state index is 0.0422. The van der Waals surface area contributed by atoms with E-state index in [1.807, 2.05) is 18.2 Å². The molecule has 0 N–H and O–H groups in total. The molecule has 0 fully saturated rings. The summed E-state index contributed by atoms with van der Waals surface area (Å²) in [7, 11) is 0. The summed E-state index contributed by atoms with van der Waals surface area (Å²) < 4.78 is 17.5. The Bertz CT molecular complexity index is 1320. The van der Waals surface area contributed by atoms with Gasteiger partial charge >= 0.3 is 11.9 Å². The van der Waals surface area contributed by atoms with Crippen LogP contribution in [-0.4, -0.2) is 37.0 Å². The number of benzene rings is 2. The largest absolute Gasteiger partial charge is 0.486 e. The zero-order chi connectivity index (χ0) is 24.7. The summed E-state index contributed by atoms with van der Waals surface area (Å²) in [6.07, 6.45) is 0.390. The molecule has 0 saturated heterocycles. The molecular weight excluding hydrogens is 456 g/mol. The quantitative estimate of drug-likeness (QED) is 0.229. The van der Waals surface area contributed by atoms with E-state index < -0.39 is 18.0 Å². The van der Waals surface area contributed by atoms with Crippen LogP contribution in [0.5, 0.6) is 5.75 Å². The summed E-state index contributed by atoms with van der Waals surface area (Å²) in [5.41, 5.74) is 0.172. The minimum Gasteiger partial charge on any atom is -0.486 e. The van der Waals surface area contributed by atoms with Gasteiger partial charge in [-0.05, 0) is 43.7 Å². The molecule has 176 valence electrons. The predicted molar refractivity (Wildman–Crippen MR) is 131 cm³/mol. The fourth-order valence-corrected chi connectivity index (χ4v) is 4.21. The molecule has 1 unspecified atom stereocenters. The second-order valence-electron chi connectivity index (χ2n) is 7.59. The van der Waals surface area contributed by atoms with Gasteiger partial charge in [-0.15, -0.1) is 11.3 Å². The van der Waals surface area contributed by atoms with Crippen LogP contribution in [0.15, 0.2) is 72.1 Å². The lowest BCUT2D eigenvalue weighted by Gasteiger charge is -2.17. The van der Waals surface area contributed by atoms with Gasteiger partial charge in [-0.3, -0.25) is 9.59 Å². The Kier molecular flexibility index (Phi) is 8.32. The van der Waals surface area contributed by atoms with E-state index >= 15 is 0 Å². The number of carbonyl (C=O) groups excluding carboxylic acids is 3. The van der Waals surface area contributed by atoms with E-state index in [9.17, 15) is 19.2 Å². The van der Waals surface area contributed by atoms with Crippen LogP contribution in [-0.2, 0) is 23.9 Å². The maximum Gasteiger partial charge on any atom is 0.333 e. The zero-order valence-electron chi connectivity index (χ0n) is 18.7. The molecule has 34 heavy (non-hydrogen) atoms. The van der Waals surface area contributed by atoms with Crippen molar-refractivity contribution in [2.75, 3.05) is 13.2 Å². The van der Waals surface area contributed by atoms with Gasteiger partial charge in [-0.2, -0.15) is 0 Å². The lowest BCUT2D eigenvalue weighted by molar-refractivity contribution is -0.153. The average molecular weight is 481 g/mol. The van der Waals surface area contributed by atoms with Crippen LogP contribution in [0.4, 0.5) is 0 Å². The molecule has 3 rings (SSSR count). The van der Waals surface area contributed by atoms with Crippen molar-refractivity contribution in [2.45, 2.75) is 25.9 Å². The van der Waals surface area contributed by atoms with Gasteiger partial charge in [0.2, 0.25) is 0 Å². The number of hydrogen-bond donors (Lipinski definition) is 0. The Hall–Kier alpha value is -3.78. The molecule has 0 aliphatic carbocycles. The second-order valence-corrected chi connectivity index (χ2v) is 8.68. The fourth-order valence-electron chi connectivity index (χ4n) is 3.11. The molecule has 1 atom stereocenters. The van der Waals surface area contributed by atoms with Gasteiger partial charge in [0.05, 0.1) is 0 Å². The molecule has 7 nitrogen and oxygen atoms in total. The fraction of sp³-hybridized carbons (Fsp3) is 0.231. The summed E-state index contributed by atoms with van der Waals surface area (Å²) in [5.74, 6) is -1.04. The number of fused-ring (bicyclic) bond motifs is 2. The monoisotopic (exact) mass is 480 g/mol. The van der Waals surface area contributed by atoms with Crippen LogP contribution < -0.4 is 10.2 Å². The van der Waals surface area contributed by atoms with E-state index in [1.54, 1.807) is 24.3 Å². The van der Waals surface area contributed by atoms with Crippen LogP contribution in [0.2, 0.25) is 0 Å².